The number of carbonyl (C=O) groups is 1. The van der Waals surface area contributed by atoms with Gasteiger partial charge >= 0.3 is 12.4 Å². The van der Waals surface area contributed by atoms with Crippen molar-refractivity contribution in [3.05, 3.63) is 41.3 Å². The average Bonchev–Trinajstić information content (AvgIpc) is 2.91. The summed E-state index contributed by atoms with van der Waals surface area (Å²) in [6, 6.07) is 8.75. The summed E-state index contributed by atoms with van der Waals surface area (Å²) in [6.45, 7) is 5.33. The van der Waals surface area contributed by atoms with Crippen molar-refractivity contribution in [2.24, 2.45) is 0 Å². The number of nitrogens with zero attached hydrogens (tertiary/aromatic N) is 3. The number of fused-ring (bicyclic) bond motifs is 2. The minimum Gasteiger partial charge on any atom is -0.542 e. The molecule has 1 aromatic carbocycles. The fraction of sp³-hybridized carbons (Fsp3) is 0.480. The van der Waals surface area contributed by atoms with E-state index in [4.69, 9.17) is 19.4 Å². The van der Waals surface area contributed by atoms with Crippen LogP contribution < -0.4 is 25.3 Å². The van der Waals surface area contributed by atoms with E-state index >= 15 is 0 Å². The zero-order valence-corrected chi connectivity index (χ0v) is 22.5. The van der Waals surface area contributed by atoms with Crippen molar-refractivity contribution in [3.63, 3.8) is 0 Å². The molecule has 15 heteroatoms. The van der Waals surface area contributed by atoms with Crippen molar-refractivity contribution in [1.82, 2.24) is 14.9 Å². The first kappa shape index (κ1) is 31.5. The highest BCUT2D eigenvalue weighted by molar-refractivity contribution is 7.21. The number of benzene rings is 2. The minimum absolute atomic E-state index is 0.00209. The number of carboxylic acids is 1. The molecule has 1 saturated heterocycles. The Bertz CT molecular complexity index is 1330. The van der Waals surface area contributed by atoms with Crippen LogP contribution in [0.3, 0.4) is 0 Å². The summed E-state index contributed by atoms with van der Waals surface area (Å²) >= 11 is 1.34. The Hall–Kier alpha value is -3.01. The predicted molar refractivity (Wildman–Crippen MR) is 136 cm³/mol. The lowest BCUT2D eigenvalue weighted by atomic mass is 10.1. The zero-order chi connectivity index (χ0) is 29.5. The molecule has 0 aromatic heterocycles. The molecular formula is C25H28F6N4O4S. The van der Waals surface area contributed by atoms with E-state index in [9.17, 15) is 26.3 Å². The molecule has 0 bridgehead atoms. The Kier molecular flexibility index (Phi) is 10.7. The van der Waals surface area contributed by atoms with Gasteiger partial charge in [-0.05, 0) is 18.2 Å². The van der Waals surface area contributed by atoms with E-state index in [-0.39, 0.29) is 5.52 Å². The highest BCUT2D eigenvalue weighted by Gasteiger charge is 2.35. The van der Waals surface area contributed by atoms with Crippen LogP contribution in [0.25, 0.3) is 20.8 Å². The van der Waals surface area contributed by atoms with E-state index in [1.165, 1.54) is 17.4 Å². The van der Waals surface area contributed by atoms with Gasteiger partial charge in [0.2, 0.25) is 5.36 Å². The van der Waals surface area contributed by atoms with Crippen LogP contribution in [-0.2, 0) is 20.4 Å². The number of aromatic nitrogens is 1. The number of halogens is 6. The second-order valence-corrected chi connectivity index (χ2v) is 9.78. The molecule has 8 nitrogen and oxygen atoms in total. The maximum absolute atomic E-state index is 14.0. The van der Waals surface area contributed by atoms with Crippen molar-refractivity contribution in [1.29, 1.82) is 0 Å². The van der Waals surface area contributed by atoms with Gasteiger partial charge in [0.1, 0.15) is 19.2 Å². The second kappa shape index (κ2) is 13.6. The van der Waals surface area contributed by atoms with Crippen LogP contribution in [-0.4, -0.2) is 83.8 Å². The molecule has 40 heavy (non-hydrogen) atoms. The number of hydrogen-bond donors (Lipinski definition) is 1. The Balaban J connectivity index is 0.000000559. The standard InChI is InChI=1S/C23H28F3N4O2S.C2HF3O2/c1-31-11-9-30(10-12-32-2)16-3-4-19-20(14-16)33-21-15-17(29-7-5-27-6-8-29)13-18(22(21)28-19)23(24,25)26;3-2(4,5)1(6)7/h3-4,13-15,27H,5-12H2,1-2H3;(H,6,7)/q+1;/p-1. The number of ether oxygens (including phenoxy) is 2. The van der Waals surface area contributed by atoms with Crippen LogP contribution in [0, 0.1) is 0 Å². The van der Waals surface area contributed by atoms with Crippen LogP contribution in [0.1, 0.15) is 5.56 Å². The number of carboxylic acid groups (broad SMARTS) is 1. The molecule has 1 aromatic rings. The Morgan fingerprint density at radius 2 is 1.65 bits per heavy atom. The van der Waals surface area contributed by atoms with Gasteiger partial charge in [0.15, 0.2) is 13.1 Å². The molecule has 0 amide bonds. The lowest BCUT2D eigenvalue weighted by Crippen LogP contribution is -2.43. The van der Waals surface area contributed by atoms with Gasteiger partial charge < -0.3 is 29.6 Å². The third kappa shape index (κ3) is 8.25. The summed E-state index contributed by atoms with van der Waals surface area (Å²) in [6.07, 6.45) is -9.67. The third-order valence-electron chi connectivity index (χ3n) is 5.97. The van der Waals surface area contributed by atoms with Crippen LogP contribution >= 0.6 is 11.3 Å². The van der Waals surface area contributed by atoms with Gasteiger partial charge in [-0.1, -0.05) is 0 Å². The molecule has 0 saturated carbocycles. The minimum atomic E-state index is -5.19. The van der Waals surface area contributed by atoms with E-state index in [2.05, 4.69) is 14.9 Å². The van der Waals surface area contributed by atoms with Gasteiger partial charge in [0.05, 0.1) is 26.4 Å². The number of piperazine rings is 1. The van der Waals surface area contributed by atoms with E-state index < -0.39 is 23.9 Å². The lowest BCUT2D eigenvalue weighted by Gasteiger charge is -2.30. The lowest BCUT2D eigenvalue weighted by molar-refractivity contribution is -0.344. The molecule has 0 unspecified atom stereocenters. The summed E-state index contributed by atoms with van der Waals surface area (Å²) in [7, 11) is 3.31. The van der Waals surface area contributed by atoms with Gasteiger partial charge in [-0.25, -0.2) is 9.56 Å². The number of aliphatic carboxylic acids is 1. The SMILES string of the molecule is COCC[N+](CCOC)=c1ccc2nc3c(C(F)(F)F)cc(N4CCNCC4)cc3sc-2c1.O=C([O-])C(F)(F)F. The summed E-state index contributed by atoms with van der Waals surface area (Å²) < 4.78 is 86.6. The van der Waals surface area contributed by atoms with Crippen molar-refractivity contribution in [3.8, 4) is 10.6 Å². The Morgan fingerprint density at radius 1 is 1.05 bits per heavy atom. The zero-order valence-electron chi connectivity index (χ0n) is 21.7. The summed E-state index contributed by atoms with van der Waals surface area (Å²) in [4.78, 5) is 16.1. The molecule has 1 N–H and O–H groups in total. The molecular weight excluding hydrogens is 566 g/mol. The first-order valence-electron chi connectivity index (χ1n) is 12.1. The summed E-state index contributed by atoms with van der Waals surface area (Å²) in [5.74, 6) is -3.01. The van der Waals surface area contributed by atoms with Crippen molar-refractivity contribution < 1.29 is 45.7 Å². The number of rotatable bonds is 7. The van der Waals surface area contributed by atoms with Gasteiger partial charge in [-0.2, -0.15) is 26.3 Å². The number of methoxy groups -OCH3 is 2. The molecule has 0 atom stereocenters. The van der Waals surface area contributed by atoms with E-state index in [0.717, 1.165) is 23.3 Å². The van der Waals surface area contributed by atoms with Gasteiger partial charge in [-0.3, -0.25) is 0 Å². The normalized spacial score (nSPS) is 14.2. The van der Waals surface area contributed by atoms with Gasteiger partial charge in [0, 0.05) is 58.2 Å². The molecule has 2 heterocycles. The molecule has 3 aliphatic rings. The molecule has 0 spiro atoms. The molecule has 4 rings (SSSR count). The van der Waals surface area contributed by atoms with Gasteiger partial charge in [-0.15, -0.1) is 11.3 Å². The van der Waals surface area contributed by atoms with Crippen molar-refractivity contribution in [2.45, 2.75) is 12.4 Å². The Labute approximate surface area is 229 Å². The fourth-order valence-corrected chi connectivity index (χ4v) is 5.06. The van der Waals surface area contributed by atoms with Crippen molar-refractivity contribution >= 4 is 33.2 Å². The van der Waals surface area contributed by atoms with E-state index in [0.29, 0.717) is 55.5 Å². The van der Waals surface area contributed by atoms with Crippen molar-refractivity contribution in [2.75, 3.05) is 71.6 Å². The number of nitrogens with one attached hydrogen (secondary N) is 1. The highest BCUT2D eigenvalue weighted by Crippen LogP contribution is 2.40. The topological polar surface area (TPSA) is 89.8 Å². The van der Waals surface area contributed by atoms with E-state index in [1.54, 1.807) is 20.3 Å². The predicted octanol–water partition coefficient (Wildman–Crippen LogP) is 2.19. The highest BCUT2D eigenvalue weighted by atomic mass is 32.1. The number of carbonyl (C=O) groups excluding carboxylic acids is 1. The van der Waals surface area contributed by atoms with Crippen LogP contribution in [0.4, 0.5) is 32.0 Å². The second-order valence-electron chi connectivity index (χ2n) is 8.70. The Morgan fingerprint density at radius 3 is 2.17 bits per heavy atom. The smallest absolute Gasteiger partial charge is 0.430 e. The van der Waals surface area contributed by atoms with Crippen LogP contribution in [0.5, 0.6) is 0 Å². The number of alkyl halides is 6. The molecule has 0 radical (unpaired) electrons. The molecule has 2 aliphatic heterocycles. The molecule has 220 valence electrons. The summed E-state index contributed by atoms with van der Waals surface area (Å²) in [5, 5.41) is 13.0. The monoisotopic (exact) mass is 594 g/mol. The van der Waals surface area contributed by atoms with Crippen LogP contribution in [0.15, 0.2) is 30.3 Å². The summed E-state index contributed by atoms with van der Waals surface area (Å²) in [5.41, 5.74) is 0.460. The first-order chi connectivity index (χ1) is 18.8. The van der Waals surface area contributed by atoms with Gasteiger partial charge in [0.25, 0.3) is 0 Å². The first-order valence-corrected chi connectivity index (χ1v) is 12.9. The molecule has 1 aliphatic carbocycles. The number of hydrogen-bond acceptors (Lipinski definition) is 8. The quantitative estimate of drug-likeness (QED) is 0.255. The number of anilines is 1. The fourth-order valence-electron chi connectivity index (χ4n) is 3.99. The third-order valence-corrected chi connectivity index (χ3v) is 7.05. The molecule has 1 fully saturated rings. The average molecular weight is 595 g/mol. The van der Waals surface area contributed by atoms with E-state index in [1.807, 2.05) is 23.1 Å². The maximum atomic E-state index is 14.0. The largest absolute Gasteiger partial charge is 0.542 e. The van der Waals surface area contributed by atoms with Crippen LogP contribution in [0.2, 0.25) is 0 Å². The maximum Gasteiger partial charge on any atom is 0.430 e.